The first-order valence-corrected chi connectivity index (χ1v) is 10.5. The fraction of sp³-hybridized carbons (Fsp3) is 0.391. The van der Waals surface area contributed by atoms with Gasteiger partial charge < -0.3 is 27.4 Å². The molecule has 1 atom stereocenters. The van der Waals surface area contributed by atoms with Gasteiger partial charge in [-0.25, -0.2) is 0 Å². The lowest BCUT2D eigenvalue weighted by Gasteiger charge is -2.31. The number of carbonyl (C=O) groups is 1. The number of nitrogens with two attached hydrogens (primary N) is 3. The molecule has 2 aromatic carbocycles. The minimum Gasteiger partial charge on any atom is -0.399 e. The minimum atomic E-state index is -0.296. The van der Waals surface area contributed by atoms with Gasteiger partial charge in [0, 0.05) is 42.0 Å². The fourth-order valence-corrected chi connectivity index (χ4v) is 4.47. The average Bonchev–Trinajstić information content (AvgIpc) is 3.09. The van der Waals surface area contributed by atoms with E-state index in [-0.39, 0.29) is 29.9 Å². The molecule has 1 fully saturated rings. The number of hydrogen-bond acceptors (Lipinski definition) is 5. The molecule has 2 aromatic rings. The number of amides is 1. The smallest absolute Gasteiger partial charge is 0.243 e. The maximum absolute atomic E-state index is 13.3. The summed E-state index contributed by atoms with van der Waals surface area (Å²) in [7, 11) is 0. The van der Waals surface area contributed by atoms with Crippen molar-refractivity contribution in [1.29, 1.82) is 5.41 Å². The molecule has 0 saturated heterocycles. The Morgan fingerprint density at radius 3 is 2.47 bits per heavy atom. The van der Waals surface area contributed by atoms with Crippen LogP contribution in [0.25, 0.3) is 0 Å². The van der Waals surface area contributed by atoms with Crippen LogP contribution in [0.4, 0.5) is 11.4 Å². The van der Waals surface area contributed by atoms with E-state index in [0.717, 1.165) is 42.5 Å². The van der Waals surface area contributed by atoms with Gasteiger partial charge >= 0.3 is 0 Å². The van der Waals surface area contributed by atoms with Crippen molar-refractivity contribution in [2.24, 2.45) is 11.5 Å². The van der Waals surface area contributed by atoms with Gasteiger partial charge in [-0.05, 0) is 55.0 Å². The quantitative estimate of drug-likeness (QED) is 0.294. The molecule has 1 aliphatic carbocycles. The molecule has 1 heterocycles. The summed E-state index contributed by atoms with van der Waals surface area (Å²) in [6.45, 7) is 0.586. The van der Waals surface area contributed by atoms with Gasteiger partial charge in [0.1, 0.15) is 11.9 Å². The van der Waals surface area contributed by atoms with E-state index < -0.39 is 0 Å². The molecule has 4 rings (SSSR count). The molecule has 0 bridgehead atoms. The molecule has 7 nitrogen and oxygen atoms in total. The van der Waals surface area contributed by atoms with E-state index in [4.69, 9.17) is 22.6 Å². The lowest BCUT2D eigenvalue weighted by molar-refractivity contribution is -0.123. The van der Waals surface area contributed by atoms with Crippen molar-refractivity contribution in [3.05, 3.63) is 59.2 Å². The Bertz CT molecular complexity index is 933. The van der Waals surface area contributed by atoms with Crippen LogP contribution in [0.3, 0.4) is 0 Å². The normalized spacial score (nSPS) is 23.1. The Hall–Kier alpha value is -3.06. The molecule has 1 unspecified atom stereocenters. The zero-order chi connectivity index (χ0) is 21.3. The second-order valence-corrected chi connectivity index (χ2v) is 8.47. The van der Waals surface area contributed by atoms with Gasteiger partial charge in [-0.15, -0.1) is 0 Å². The van der Waals surface area contributed by atoms with Crippen LogP contribution in [0.15, 0.2) is 42.5 Å². The molecule has 0 aromatic heterocycles. The molecule has 1 aliphatic heterocycles. The predicted molar refractivity (Wildman–Crippen MR) is 120 cm³/mol. The number of carbonyl (C=O) groups excluding carboxylic acids is 1. The summed E-state index contributed by atoms with van der Waals surface area (Å²) in [5.74, 6) is 0.0724. The van der Waals surface area contributed by atoms with Crippen molar-refractivity contribution in [1.82, 2.24) is 5.32 Å². The van der Waals surface area contributed by atoms with E-state index in [2.05, 4.69) is 10.2 Å². The molecule has 0 spiro atoms. The van der Waals surface area contributed by atoms with Crippen LogP contribution in [-0.4, -0.2) is 29.9 Å². The molecular formula is C23H30N6O. The van der Waals surface area contributed by atoms with Crippen molar-refractivity contribution in [2.75, 3.05) is 10.6 Å². The highest BCUT2D eigenvalue weighted by Crippen LogP contribution is 2.35. The summed E-state index contributed by atoms with van der Waals surface area (Å²) in [5, 5.41) is 11.0. The Labute approximate surface area is 177 Å². The molecule has 1 saturated carbocycles. The first-order chi connectivity index (χ1) is 14.4. The van der Waals surface area contributed by atoms with Gasteiger partial charge in [0.2, 0.25) is 5.91 Å². The monoisotopic (exact) mass is 406 g/mol. The lowest BCUT2D eigenvalue weighted by Crippen LogP contribution is -2.49. The second-order valence-electron chi connectivity index (χ2n) is 8.47. The van der Waals surface area contributed by atoms with E-state index in [1.807, 2.05) is 42.5 Å². The van der Waals surface area contributed by atoms with E-state index in [9.17, 15) is 4.79 Å². The molecule has 158 valence electrons. The topological polar surface area (TPSA) is 134 Å². The largest absolute Gasteiger partial charge is 0.399 e. The molecule has 1 amide bonds. The third-order valence-corrected chi connectivity index (χ3v) is 6.25. The lowest BCUT2D eigenvalue weighted by atomic mass is 9.91. The molecular weight excluding hydrogens is 376 g/mol. The van der Waals surface area contributed by atoms with Crippen molar-refractivity contribution < 1.29 is 4.79 Å². The highest BCUT2D eigenvalue weighted by Gasteiger charge is 2.36. The molecule has 30 heavy (non-hydrogen) atoms. The summed E-state index contributed by atoms with van der Waals surface area (Å²) in [6.07, 6.45) is 4.40. The van der Waals surface area contributed by atoms with E-state index in [1.54, 1.807) is 0 Å². The van der Waals surface area contributed by atoms with Crippen LogP contribution in [0.2, 0.25) is 0 Å². The van der Waals surface area contributed by atoms with Gasteiger partial charge in [0.15, 0.2) is 0 Å². The van der Waals surface area contributed by atoms with E-state index in [0.29, 0.717) is 24.2 Å². The molecule has 7 heteroatoms. The maximum atomic E-state index is 13.3. The van der Waals surface area contributed by atoms with Crippen LogP contribution in [0.1, 0.15) is 42.4 Å². The Morgan fingerprint density at radius 1 is 1.10 bits per heavy atom. The first-order valence-electron chi connectivity index (χ1n) is 10.5. The SMILES string of the molecule is N=C(N)c1ccc2c(c1)N(Cc1ccc(N)cc1)C(C(=O)NC1CCC(N)CC1)C2. The summed E-state index contributed by atoms with van der Waals surface area (Å²) >= 11 is 0. The first kappa shape index (κ1) is 20.2. The number of fused-ring (bicyclic) bond motifs is 1. The summed E-state index contributed by atoms with van der Waals surface area (Å²) in [6, 6.07) is 13.6. The van der Waals surface area contributed by atoms with Gasteiger partial charge in [-0.1, -0.05) is 24.3 Å². The van der Waals surface area contributed by atoms with E-state index in [1.165, 1.54) is 0 Å². The summed E-state index contributed by atoms with van der Waals surface area (Å²) in [5.41, 5.74) is 22.1. The van der Waals surface area contributed by atoms with Crippen molar-refractivity contribution in [3.8, 4) is 0 Å². The number of nitrogens with one attached hydrogen (secondary N) is 2. The van der Waals surface area contributed by atoms with Gasteiger partial charge in [-0.3, -0.25) is 10.2 Å². The Morgan fingerprint density at radius 2 is 1.80 bits per heavy atom. The maximum Gasteiger partial charge on any atom is 0.243 e. The van der Waals surface area contributed by atoms with Gasteiger partial charge in [0.05, 0.1) is 0 Å². The highest BCUT2D eigenvalue weighted by molar-refractivity contribution is 5.97. The number of amidine groups is 1. The third kappa shape index (κ3) is 4.26. The van der Waals surface area contributed by atoms with Crippen molar-refractivity contribution in [2.45, 2.75) is 56.8 Å². The fourth-order valence-electron chi connectivity index (χ4n) is 4.47. The van der Waals surface area contributed by atoms with Crippen molar-refractivity contribution in [3.63, 3.8) is 0 Å². The zero-order valence-electron chi connectivity index (χ0n) is 17.1. The summed E-state index contributed by atoms with van der Waals surface area (Å²) in [4.78, 5) is 15.4. The number of rotatable bonds is 5. The van der Waals surface area contributed by atoms with Crippen LogP contribution in [-0.2, 0) is 17.8 Å². The van der Waals surface area contributed by atoms with Crippen LogP contribution in [0.5, 0.6) is 0 Å². The molecule has 2 aliphatic rings. The van der Waals surface area contributed by atoms with Gasteiger partial charge in [-0.2, -0.15) is 0 Å². The third-order valence-electron chi connectivity index (χ3n) is 6.25. The zero-order valence-corrected chi connectivity index (χ0v) is 17.1. The van der Waals surface area contributed by atoms with E-state index >= 15 is 0 Å². The minimum absolute atomic E-state index is 0.0247. The summed E-state index contributed by atoms with van der Waals surface area (Å²) < 4.78 is 0. The molecule has 8 N–H and O–H groups in total. The highest BCUT2D eigenvalue weighted by atomic mass is 16.2. The molecule has 0 radical (unpaired) electrons. The van der Waals surface area contributed by atoms with Crippen LogP contribution < -0.4 is 27.4 Å². The Balaban J connectivity index is 1.58. The number of anilines is 2. The van der Waals surface area contributed by atoms with Crippen LogP contribution >= 0.6 is 0 Å². The second kappa shape index (κ2) is 8.36. The van der Waals surface area contributed by atoms with Crippen LogP contribution in [0, 0.1) is 5.41 Å². The standard InChI is InChI=1S/C23H30N6O/c24-17-5-1-14(2-6-17)13-29-20-12-16(22(26)27)4-3-15(20)11-21(29)23(30)28-19-9-7-18(25)8-10-19/h1-6,12,18-19,21H,7-11,13,24-25H2,(H3,26,27)(H,28,30). The number of nitrogen functional groups attached to an aromatic ring is 2. The average molecular weight is 407 g/mol. The number of benzene rings is 2. The van der Waals surface area contributed by atoms with Gasteiger partial charge in [0.25, 0.3) is 0 Å². The Kier molecular flexibility index (Phi) is 5.63. The predicted octanol–water partition coefficient (Wildman–Crippen LogP) is 1.87. The number of nitrogens with zero attached hydrogens (tertiary/aromatic N) is 1. The van der Waals surface area contributed by atoms with Crippen molar-refractivity contribution >= 4 is 23.1 Å². The number of hydrogen-bond donors (Lipinski definition) is 5.